The molecule has 3 aromatic heterocycles. The van der Waals surface area contributed by atoms with Gasteiger partial charge in [-0.05, 0) is 28.9 Å². The summed E-state index contributed by atoms with van der Waals surface area (Å²) < 4.78 is 7.74. The Morgan fingerprint density at radius 3 is 2.80 bits per heavy atom. The fourth-order valence-electron chi connectivity index (χ4n) is 4.03. The Hall–Kier alpha value is -2.34. The van der Waals surface area contributed by atoms with Crippen LogP contribution in [0.4, 0.5) is 5.69 Å². The third kappa shape index (κ3) is 3.22. The minimum Gasteiger partial charge on any atom is -0.380 e. The molecule has 156 valence electrons. The first-order chi connectivity index (χ1) is 14.3. The number of rotatable bonds is 5. The number of hydrogen-bond donors (Lipinski definition) is 2. The minimum absolute atomic E-state index is 0.0775. The Balaban J connectivity index is 1.37. The number of fused-ring (bicyclic) bond motifs is 1. The number of ether oxygens (including phenoxy) is 1. The molecule has 30 heavy (non-hydrogen) atoms. The molecule has 0 atom stereocenters. The van der Waals surface area contributed by atoms with Crippen LogP contribution >= 0.6 is 27.3 Å². The number of pyridine rings is 1. The maximum absolute atomic E-state index is 12.5. The van der Waals surface area contributed by atoms with E-state index in [2.05, 4.69) is 36.2 Å². The van der Waals surface area contributed by atoms with Crippen LogP contribution in [-0.2, 0) is 9.53 Å². The van der Waals surface area contributed by atoms with Crippen LogP contribution in [0.25, 0.3) is 16.1 Å². The fraction of sp³-hybridized carbons (Fsp3) is 0.368. The summed E-state index contributed by atoms with van der Waals surface area (Å²) >= 11 is 4.94. The molecule has 0 unspecified atom stereocenters. The number of anilines is 1. The van der Waals surface area contributed by atoms with Crippen LogP contribution in [0.15, 0.2) is 22.2 Å². The molecule has 0 saturated carbocycles. The van der Waals surface area contributed by atoms with Crippen LogP contribution in [0.1, 0.15) is 16.1 Å². The van der Waals surface area contributed by atoms with E-state index in [0.717, 1.165) is 47.0 Å². The lowest BCUT2D eigenvalue weighted by molar-refractivity contribution is -0.188. The van der Waals surface area contributed by atoms with E-state index in [-0.39, 0.29) is 11.3 Å². The summed E-state index contributed by atoms with van der Waals surface area (Å²) in [5.74, 6) is -0.603. The van der Waals surface area contributed by atoms with E-state index in [1.165, 1.54) is 17.5 Å². The normalized spacial score (nSPS) is 17.7. The predicted octanol–water partition coefficient (Wildman–Crippen LogP) is 1.90. The largest absolute Gasteiger partial charge is 0.380 e. The van der Waals surface area contributed by atoms with Crippen molar-refractivity contribution in [2.45, 2.75) is 6.92 Å². The minimum atomic E-state index is -0.526. The number of amides is 2. The number of nitrogens with zero attached hydrogens (tertiary/aromatic N) is 4. The lowest BCUT2D eigenvalue weighted by atomic mass is 9.78. The zero-order valence-electron chi connectivity index (χ0n) is 16.1. The van der Waals surface area contributed by atoms with Gasteiger partial charge in [-0.2, -0.15) is 5.10 Å². The Morgan fingerprint density at radius 2 is 2.13 bits per heavy atom. The molecule has 2 aliphatic heterocycles. The Morgan fingerprint density at radius 1 is 1.37 bits per heavy atom. The third-order valence-corrected chi connectivity index (χ3v) is 7.32. The maximum atomic E-state index is 12.5. The number of thiazole rings is 1. The van der Waals surface area contributed by atoms with E-state index >= 15 is 0 Å². The quantitative estimate of drug-likeness (QED) is 0.564. The second-order valence-electron chi connectivity index (χ2n) is 7.91. The van der Waals surface area contributed by atoms with Crippen LogP contribution < -0.4 is 11.1 Å². The van der Waals surface area contributed by atoms with Crippen molar-refractivity contribution in [1.29, 1.82) is 0 Å². The van der Waals surface area contributed by atoms with Gasteiger partial charge in [0.05, 0.1) is 52.9 Å². The second-order valence-corrected chi connectivity index (χ2v) is 10.2. The Kier molecular flexibility index (Phi) is 4.65. The summed E-state index contributed by atoms with van der Waals surface area (Å²) in [6.07, 6.45) is 3.11. The van der Waals surface area contributed by atoms with Crippen LogP contribution in [0.3, 0.4) is 0 Å². The highest BCUT2D eigenvalue weighted by molar-refractivity contribution is 9.11. The van der Waals surface area contributed by atoms with Crippen molar-refractivity contribution in [3.05, 3.63) is 33.5 Å². The van der Waals surface area contributed by atoms with Crippen LogP contribution in [0.2, 0.25) is 0 Å². The maximum Gasteiger partial charge on any atom is 0.253 e. The van der Waals surface area contributed by atoms with E-state index in [0.29, 0.717) is 22.6 Å². The molecule has 2 aliphatic rings. The molecule has 0 aromatic carbocycles. The lowest BCUT2D eigenvalue weighted by Gasteiger charge is -2.54. The molecular weight excluding hydrogens is 472 g/mol. The van der Waals surface area contributed by atoms with Gasteiger partial charge in [-0.3, -0.25) is 19.5 Å². The average Bonchev–Trinajstić information content (AvgIpc) is 3.15. The van der Waals surface area contributed by atoms with Gasteiger partial charge >= 0.3 is 0 Å². The number of hydrogen-bond acceptors (Lipinski definition) is 7. The van der Waals surface area contributed by atoms with Crippen LogP contribution in [0, 0.1) is 12.3 Å². The molecule has 3 aromatic rings. The number of aryl methyl sites for hydroxylation is 1. The molecule has 5 heterocycles. The molecule has 3 N–H and O–H groups in total. The number of carbonyl (C=O) groups is 2. The zero-order chi connectivity index (χ0) is 21.0. The monoisotopic (exact) mass is 490 g/mol. The number of nitrogens with one attached hydrogen (secondary N) is 1. The van der Waals surface area contributed by atoms with E-state index in [9.17, 15) is 9.59 Å². The van der Waals surface area contributed by atoms with Crippen LogP contribution in [-0.4, -0.2) is 64.2 Å². The predicted molar refractivity (Wildman–Crippen MR) is 116 cm³/mol. The van der Waals surface area contributed by atoms with E-state index in [1.807, 2.05) is 13.0 Å². The Bertz CT molecular complexity index is 1180. The SMILES string of the molecule is Cc1ncc(NC(=O)CN2CC3(COC3)C2)cc1-c1c(Br)sc2c(C(N)=O)cnn12. The molecule has 0 radical (unpaired) electrons. The molecule has 2 saturated heterocycles. The number of halogens is 1. The van der Waals surface area contributed by atoms with Gasteiger partial charge in [0.2, 0.25) is 5.91 Å². The molecule has 0 bridgehead atoms. The van der Waals surface area contributed by atoms with Crippen molar-refractivity contribution in [1.82, 2.24) is 19.5 Å². The number of carbonyl (C=O) groups excluding carboxylic acids is 2. The number of nitrogens with two attached hydrogens (primary N) is 1. The van der Waals surface area contributed by atoms with E-state index < -0.39 is 5.91 Å². The fourth-order valence-corrected chi connectivity index (χ4v) is 5.82. The van der Waals surface area contributed by atoms with Crippen molar-refractivity contribution in [2.24, 2.45) is 11.1 Å². The van der Waals surface area contributed by atoms with E-state index in [1.54, 1.807) is 10.7 Å². The van der Waals surface area contributed by atoms with Crippen molar-refractivity contribution >= 4 is 49.6 Å². The molecule has 1 spiro atoms. The van der Waals surface area contributed by atoms with E-state index in [4.69, 9.17) is 10.5 Å². The first-order valence-electron chi connectivity index (χ1n) is 9.38. The zero-order valence-corrected chi connectivity index (χ0v) is 18.5. The molecule has 5 rings (SSSR count). The smallest absolute Gasteiger partial charge is 0.253 e. The highest BCUT2D eigenvalue weighted by atomic mass is 79.9. The number of likely N-dealkylation sites (tertiary alicyclic amines) is 1. The molecule has 9 nitrogen and oxygen atoms in total. The highest BCUT2D eigenvalue weighted by Crippen LogP contribution is 2.39. The summed E-state index contributed by atoms with van der Waals surface area (Å²) in [4.78, 5) is 31.4. The van der Waals surface area contributed by atoms with Crippen molar-refractivity contribution in [2.75, 3.05) is 38.2 Å². The summed E-state index contributed by atoms with van der Waals surface area (Å²) in [5, 5.41) is 7.25. The summed E-state index contributed by atoms with van der Waals surface area (Å²) in [6, 6.07) is 1.87. The molecule has 11 heteroatoms. The van der Waals surface area contributed by atoms with Gasteiger partial charge in [-0.15, -0.1) is 11.3 Å². The first-order valence-corrected chi connectivity index (χ1v) is 11.0. The van der Waals surface area contributed by atoms with Gasteiger partial charge < -0.3 is 15.8 Å². The third-order valence-electron chi connectivity index (χ3n) is 5.50. The average molecular weight is 491 g/mol. The van der Waals surface area contributed by atoms with Gasteiger partial charge in [-0.1, -0.05) is 0 Å². The number of primary amides is 1. The summed E-state index contributed by atoms with van der Waals surface area (Å²) in [6.45, 7) is 5.63. The second kappa shape index (κ2) is 7.12. The van der Waals surface area contributed by atoms with Crippen molar-refractivity contribution in [3.63, 3.8) is 0 Å². The molecule has 2 fully saturated rings. The van der Waals surface area contributed by atoms with Gasteiger partial charge in [0, 0.05) is 29.8 Å². The number of aromatic nitrogens is 3. The molecular formula is C19H19BrN6O3S. The standard InChI is InChI=1S/C19H19BrN6O3S/c1-10-12(15-16(20)30-18-13(17(21)28)4-23-26(15)18)2-11(3-22-10)24-14(27)5-25-6-19(7-25)8-29-9-19/h2-4H,5-9H2,1H3,(H2,21,28)(H,24,27). The lowest BCUT2D eigenvalue weighted by Crippen LogP contribution is -2.66. The molecule has 2 amide bonds. The highest BCUT2D eigenvalue weighted by Gasteiger charge is 2.49. The summed E-state index contributed by atoms with van der Waals surface area (Å²) in [7, 11) is 0. The van der Waals surface area contributed by atoms with Gasteiger partial charge in [-0.25, -0.2) is 4.52 Å². The van der Waals surface area contributed by atoms with Gasteiger partial charge in [0.15, 0.2) is 0 Å². The summed E-state index contributed by atoms with van der Waals surface area (Å²) in [5.41, 5.74) is 9.04. The van der Waals surface area contributed by atoms with Gasteiger partial charge in [0.25, 0.3) is 5.91 Å². The van der Waals surface area contributed by atoms with Crippen molar-refractivity contribution < 1.29 is 14.3 Å². The van der Waals surface area contributed by atoms with Gasteiger partial charge in [0.1, 0.15) is 4.83 Å². The van der Waals surface area contributed by atoms with Crippen LogP contribution in [0.5, 0.6) is 0 Å². The first kappa shape index (κ1) is 19.6. The topological polar surface area (TPSA) is 115 Å². The Labute approximate surface area is 184 Å². The van der Waals surface area contributed by atoms with Crippen molar-refractivity contribution in [3.8, 4) is 11.3 Å². The molecule has 0 aliphatic carbocycles.